The molecule has 1 amide bonds. The minimum absolute atomic E-state index is 0.107. The monoisotopic (exact) mass is 298 g/mol. The van der Waals surface area contributed by atoms with Crippen molar-refractivity contribution < 1.29 is 9.53 Å². The van der Waals surface area contributed by atoms with Gasteiger partial charge in [0.1, 0.15) is 5.52 Å². The van der Waals surface area contributed by atoms with Crippen molar-refractivity contribution in [1.29, 1.82) is 0 Å². The van der Waals surface area contributed by atoms with Gasteiger partial charge in [-0.25, -0.2) is 4.98 Å². The van der Waals surface area contributed by atoms with Gasteiger partial charge < -0.3 is 15.8 Å². The fourth-order valence-electron chi connectivity index (χ4n) is 2.49. The number of fused-ring (bicyclic) bond motifs is 1. The molecule has 6 nitrogen and oxygen atoms in total. The Kier molecular flexibility index (Phi) is 4.02. The molecule has 0 aromatic carbocycles. The number of amides is 1. The topological polar surface area (TPSA) is 90.1 Å². The second-order valence-corrected chi connectivity index (χ2v) is 5.30. The van der Waals surface area contributed by atoms with E-state index in [2.05, 4.69) is 15.3 Å². The summed E-state index contributed by atoms with van der Waals surface area (Å²) in [5, 5.41) is 2.91. The highest BCUT2D eigenvalue weighted by Gasteiger charge is 2.17. The molecule has 3 N–H and O–H groups in total. The standard InChI is InChI=1S/C16H18N4O2/c1-22-14-7-6-12-15(20-14)13(8-9-18-12)19-16(21)10-2-4-11(17)5-3-10/h2,6-9,11H,3-5,17H2,1H3,(H,18,19,21). The van der Waals surface area contributed by atoms with Gasteiger partial charge in [-0.3, -0.25) is 9.78 Å². The van der Waals surface area contributed by atoms with Crippen LogP contribution in [-0.4, -0.2) is 29.0 Å². The summed E-state index contributed by atoms with van der Waals surface area (Å²) < 4.78 is 5.13. The minimum Gasteiger partial charge on any atom is -0.481 e. The first-order valence-corrected chi connectivity index (χ1v) is 7.23. The van der Waals surface area contributed by atoms with Crippen molar-refractivity contribution in [3.05, 3.63) is 36.0 Å². The van der Waals surface area contributed by atoms with Crippen LogP contribution in [0.15, 0.2) is 36.0 Å². The van der Waals surface area contributed by atoms with Gasteiger partial charge >= 0.3 is 0 Å². The summed E-state index contributed by atoms with van der Waals surface area (Å²) in [5.41, 5.74) is 8.57. The predicted octanol–water partition coefficient (Wildman–Crippen LogP) is 2.01. The van der Waals surface area contributed by atoms with E-state index >= 15 is 0 Å². The molecule has 1 aliphatic carbocycles. The third-order valence-corrected chi connectivity index (χ3v) is 3.76. The Morgan fingerprint density at radius 2 is 2.27 bits per heavy atom. The van der Waals surface area contributed by atoms with E-state index < -0.39 is 0 Å². The van der Waals surface area contributed by atoms with Crippen LogP contribution in [0.3, 0.4) is 0 Å². The number of rotatable bonds is 3. The van der Waals surface area contributed by atoms with Crippen LogP contribution in [0.4, 0.5) is 5.69 Å². The summed E-state index contributed by atoms with van der Waals surface area (Å²) in [6, 6.07) is 5.45. The smallest absolute Gasteiger partial charge is 0.251 e. The van der Waals surface area contributed by atoms with Gasteiger partial charge in [-0.2, -0.15) is 0 Å². The van der Waals surface area contributed by atoms with Gasteiger partial charge in [0.05, 0.1) is 18.3 Å². The van der Waals surface area contributed by atoms with E-state index in [9.17, 15) is 4.79 Å². The Morgan fingerprint density at radius 3 is 3.00 bits per heavy atom. The van der Waals surface area contributed by atoms with E-state index in [0.29, 0.717) is 29.0 Å². The Bertz CT molecular complexity index is 742. The largest absolute Gasteiger partial charge is 0.481 e. The molecule has 22 heavy (non-hydrogen) atoms. The number of nitrogens with two attached hydrogens (primary N) is 1. The second-order valence-electron chi connectivity index (χ2n) is 5.30. The summed E-state index contributed by atoms with van der Waals surface area (Å²) in [6.45, 7) is 0. The van der Waals surface area contributed by atoms with Gasteiger partial charge in [-0.15, -0.1) is 0 Å². The molecule has 114 valence electrons. The molecule has 1 atom stereocenters. The van der Waals surface area contributed by atoms with Crippen LogP contribution in [0.25, 0.3) is 11.0 Å². The zero-order valence-electron chi connectivity index (χ0n) is 12.4. The van der Waals surface area contributed by atoms with Crippen LogP contribution < -0.4 is 15.8 Å². The molecule has 1 unspecified atom stereocenters. The van der Waals surface area contributed by atoms with Crippen molar-refractivity contribution >= 4 is 22.6 Å². The third-order valence-electron chi connectivity index (χ3n) is 3.76. The quantitative estimate of drug-likeness (QED) is 0.904. The van der Waals surface area contributed by atoms with Crippen molar-refractivity contribution in [3.8, 4) is 5.88 Å². The van der Waals surface area contributed by atoms with E-state index in [1.165, 1.54) is 0 Å². The van der Waals surface area contributed by atoms with Crippen LogP contribution >= 0.6 is 0 Å². The molecule has 0 spiro atoms. The number of ether oxygens (including phenoxy) is 1. The van der Waals surface area contributed by atoms with E-state index in [1.807, 2.05) is 12.1 Å². The van der Waals surface area contributed by atoms with Crippen molar-refractivity contribution in [3.63, 3.8) is 0 Å². The van der Waals surface area contributed by atoms with Crippen molar-refractivity contribution in [2.75, 3.05) is 12.4 Å². The second kappa shape index (κ2) is 6.11. The fraction of sp³-hybridized carbons (Fsp3) is 0.312. The molecule has 0 radical (unpaired) electrons. The highest BCUT2D eigenvalue weighted by atomic mass is 16.5. The van der Waals surface area contributed by atoms with Gasteiger partial charge in [0.25, 0.3) is 5.91 Å². The SMILES string of the molecule is COc1ccc2nccc(NC(=O)C3=CCC(N)CC3)c2n1. The molecule has 2 aromatic heterocycles. The predicted molar refractivity (Wildman–Crippen MR) is 84.6 cm³/mol. The lowest BCUT2D eigenvalue weighted by molar-refractivity contribution is -0.113. The number of pyridine rings is 2. The molecule has 3 rings (SSSR count). The van der Waals surface area contributed by atoms with Crippen LogP contribution in [0.1, 0.15) is 19.3 Å². The van der Waals surface area contributed by atoms with Crippen LogP contribution in [0, 0.1) is 0 Å². The Morgan fingerprint density at radius 1 is 1.41 bits per heavy atom. The lowest BCUT2D eigenvalue weighted by atomic mass is 9.95. The highest BCUT2D eigenvalue weighted by Crippen LogP contribution is 2.24. The van der Waals surface area contributed by atoms with E-state index in [0.717, 1.165) is 18.4 Å². The number of carbonyl (C=O) groups is 1. The zero-order chi connectivity index (χ0) is 15.5. The van der Waals surface area contributed by atoms with Gasteiger partial charge in [0, 0.05) is 23.9 Å². The first-order valence-electron chi connectivity index (χ1n) is 7.23. The molecule has 0 fully saturated rings. The normalized spacial score (nSPS) is 17.9. The van der Waals surface area contributed by atoms with Gasteiger partial charge in [-0.05, 0) is 31.4 Å². The van der Waals surface area contributed by atoms with Crippen molar-refractivity contribution in [1.82, 2.24) is 9.97 Å². The maximum atomic E-state index is 12.4. The number of aromatic nitrogens is 2. The summed E-state index contributed by atoms with van der Waals surface area (Å²) in [6.07, 6.45) is 5.85. The third kappa shape index (κ3) is 2.92. The number of hydrogen-bond acceptors (Lipinski definition) is 5. The van der Waals surface area contributed by atoms with E-state index in [1.54, 1.807) is 25.4 Å². The van der Waals surface area contributed by atoms with Gasteiger partial charge in [0.15, 0.2) is 0 Å². The maximum Gasteiger partial charge on any atom is 0.251 e. The van der Waals surface area contributed by atoms with Crippen LogP contribution in [0.5, 0.6) is 5.88 Å². The molecular formula is C16H18N4O2. The summed E-state index contributed by atoms with van der Waals surface area (Å²) in [7, 11) is 1.55. The summed E-state index contributed by atoms with van der Waals surface area (Å²) in [5.74, 6) is 0.378. The van der Waals surface area contributed by atoms with Crippen LogP contribution in [0.2, 0.25) is 0 Å². The molecule has 2 aromatic rings. The number of anilines is 1. The molecule has 0 aliphatic heterocycles. The Hall–Kier alpha value is -2.47. The van der Waals surface area contributed by atoms with Gasteiger partial charge in [0.2, 0.25) is 5.88 Å². The lowest BCUT2D eigenvalue weighted by Gasteiger charge is -2.18. The number of nitrogens with one attached hydrogen (secondary N) is 1. The molecule has 0 bridgehead atoms. The average Bonchev–Trinajstić information content (AvgIpc) is 2.55. The van der Waals surface area contributed by atoms with Crippen molar-refractivity contribution in [2.45, 2.75) is 25.3 Å². The number of methoxy groups -OCH3 is 1. The first kappa shape index (κ1) is 14.5. The van der Waals surface area contributed by atoms with E-state index in [4.69, 9.17) is 10.5 Å². The Labute approximate surface area is 128 Å². The van der Waals surface area contributed by atoms with Crippen molar-refractivity contribution in [2.24, 2.45) is 5.73 Å². The average molecular weight is 298 g/mol. The van der Waals surface area contributed by atoms with Crippen LogP contribution in [-0.2, 0) is 4.79 Å². The molecule has 6 heteroatoms. The molecule has 1 aliphatic rings. The number of nitrogens with zero attached hydrogens (tertiary/aromatic N) is 2. The summed E-state index contributed by atoms with van der Waals surface area (Å²) >= 11 is 0. The number of hydrogen-bond donors (Lipinski definition) is 2. The fourth-order valence-corrected chi connectivity index (χ4v) is 2.49. The Balaban J connectivity index is 1.88. The summed E-state index contributed by atoms with van der Waals surface area (Å²) in [4.78, 5) is 21.0. The van der Waals surface area contributed by atoms with E-state index in [-0.39, 0.29) is 11.9 Å². The molecule has 2 heterocycles. The highest BCUT2D eigenvalue weighted by molar-refractivity contribution is 6.07. The number of carbonyl (C=O) groups excluding carboxylic acids is 1. The molecule has 0 saturated carbocycles. The van der Waals surface area contributed by atoms with Gasteiger partial charge in [-0.1, -0.05) is 6.08 Å². The minimum atomic E-state index is -0.107. The zero-order valence-corrected chi connectivity index (χ0v) is 12.4. The molecule has 0 saturated heterocycles. The first-order chi connectivity index (χ1) is 10.7. The lowest BCUT2D eigenvalue weighted by Crippen LogP contribution is -2.25. The maximum absolute atomic E-state index is 12.4. The molecular weight excluding hydrogens is 280 g/mol.